The zero-order chi connectivity index (χ0) is 67.3. The Bertz CT molecular complexity index is 4990. The maximum Gasteiger partial charge on any atom is 0.185 e. The Hall–Kier alpha value is -11.1. The molecule has 0 saturated carbocycles. The summed E-state index contributed by atoms with van der Waals surface area (Å²) < 4.78 is 13.2. The van der Waals surface area contributed by atoms with E-state index in [0.29, 0.717) is 35.7 Å². The Morgan fingerprint density at radius 1 is 0.535 bits per heavy atom. The number of hydrogen-bond acceptors (Lipinski definition) is 13. The van der Waals surface area contributed by atoms with E-state index in [2.05, 4.69) is 237 Å². The monoisotopic (exact) mass is 1310 g/mol. The molecule has 0 aliphatic carbocycles. The van der Waals surface area contributed by atoms with Gasteiger partial charge in [0.05, 0.1) is 69.6 Å². The van der Waals surface area contributed by atoms with Crippen molar-refractivity contribution in [3.63, 3.8) is 0 Å². The van der Waals surface area contributed by atoms with Crippen LogP contribution in [-0.2, 0) is 19.6 Å². The fourth-order valence-electron chi connectivity index (χ4n) is 15.2. The van der Waals surface area contributed by atoms with Gasteiger partial charge in [-0.3, -0.25) is 13.7 Å². The Morgan fingerprint density at radius 2 is 1.06 bits per heavy atom. The van der Waals surface area contributed by atoms with Crippen molar-refractivity contribution in [2.24, 2.45) is 11.8 Å². The van der Waals surface area contributed by atoms with Crippen LogP contribution in [0.4, 0.5) is 17.2 Å². The predicted octanol–water partition coefficient (Wildman–Crippen LogP) is 13.6. The minimum Gasteiger partial charge on any atom is -0.371 e. The van der Waals surface area contributed by atoms with Gasteiger partial charge in [0.15, 0.2) is 17.5 Å². The number of pyridine rings is 1. The second-order valence-corrected chi connectivity index (χ2v) is 27.6. The van der Waals surface area contributed by atoms with Gasteiger partial charge >= 0.3 is 0 Å². The van der Waals surface area contributed by atoms with E-state index >= 15 is 0 Å². The third-order valence-corrected chi connectivity index (χ3v) is 21.2. The summed E-state index contributed by atoms with van der Waals surface area (Å²) in [6.07, 6.45) is 20.2. The first kappa shape index (κ1) is 62.7. The lowest BCUT2D eigenvalue weighted by Crippen LogP contribution is -2.32. The van der Waals surface area contributed by atoms with E-state index in [9.17, 15) is 0 Å². The number of fused-ring (bicyclic) bond motifs is 15. The topological polar surface area (TPSA) is 179 Å². The van der Waals surface area contributed by atoms with Crippen LogP contribution >= 0.6 is 0 Å². The molecule has 19 nitrogen and oxygen atoms in total. The van der Waals surface area contributed by atoms with Crippen molar-refractivity contribution < 1.29 is 0 Å². The smallest absolute Gasteiger partial charge is 0.185 e. The number of nitrogens with one attached hydrogen (secondary N) is 1. The molecular weight excluding hydrogens is 1230 g/mol. The molecule has 3 saturated heterocycles. The Balaban J connectivity index is 0.000000116. The molecule has 4 atom stereocenters. The number of benzene rings is 5. The van der Waals surface area contributed by atoms with Crippen LogP contribution in [0, 0.1) is 34.5 Å². The second-order valence-electron chi connectivity index (χ2n) is 27.6. The molecule has 496 valence electrons. The van der Waals surface area contributed by atoms with Gasteiger partial charge in [0.25, 0.3) is 0 Å². The zero-order valence-electron chi connectivity index (χ0n) is 56.9. The summed E-state index contributed by atoms with van der Waals surface area (Å²) in [6, 6.07) is 56.1. The number of likely N-dealkylation sites (N-methyl/N-ethyl adjacent to an activating group) is 1. The van der Waals surface area contributed by atoms with Gasteiger partial charge in [-0.2, -0.15) is 10.5 Å². The van der Waals surface area contributed by atoms with Crippen LogP contribution in [0.5, 0.6) is 0 Å². The highest BCUT2D eigenvalue weighted by atomic mass is 15.3. The maximum absolute atomic E-state index is 9.10. The molecule has 0 unspecified atom stereocenters. The summed E-state index contributed by atoms with van der Waals surface area (Å²) in [5, 5.41) is 39.3. The first-order chi connectivity index (χ1) is 48.5. The second kappa shape index (κ2) is 26.7. The van der Waals surface area contributed by atoms with Gasteiger partial charge in [-0.1, -0.05) is 74.9 Å². The standard InChI is InChI=1S/C28H32N6.C27H25N5.C25H24N8/c1-3-20(2)29-15-21-11-12-32(16-21)25-9-10-26-24(13-25)18-33-17-23(22-7-5-4-6-8-22)14-27(33)28-31-30-19-34(26)28;1-2-19-9-11-30(16-19)24-7-8-25-23(13-24)18-31-17-22(21-5-3-20(15-28)4-6-21)14-26(31)27-29-10-12-32(25)27;1-30(2)20-9-10-31(14-20)24-8-7-22-21(28-24)15-32-13-19(18-5-3-17(12-26)4-6-18)11-23(32)25-29-27-16-33(22)25/h4-10,13-14,17,19-21,29H,3,11-12,15-16,18H2,1-2H3;3-8,10,12-14,17,19H,2,9,11,16,18H2,1H3;3-8,11,13,16,20H,9-10,14-15H2,1-2H3/t20-,21-;19-;20-/m100/s1. The van der Waals surface area contributed by atoms with Crippen LogP contribution in [0.2, 0.25) is 0 Å². The molecule has 18 rings (SSSR count). The highest BCUT2D eigenvalue weighted by Crippen LogP contribution is 2.40. The van der Waals surface area contributed by atoms with Gasteiger partial charge in [0.1, 0.15) is 18.5 Å². The van der Waals surface area contributed by atoms with E-state index in [-0.39, 0.29) is 0 Å². The lowest BCUT2D eigenvalue weighted by molar-refractivity contribution is 0.315. The fraction of sp³-hybridized carbons (Fsp3) is 0.300. The Labute approximate surface area is 578 Å². The van der Waals surface area contributed by atoms with E-state index in [1.54, 1.807) is 6.33 Å². The zero-order valence-corrected chi connectivity index (χ0v) is 56.9. The molecule has 19 heteroatoms. The lowest BCUT2D eigenvalue weighted by Gasteiger charge is -2.22. The molecule has 99 heavy (non-hydrogen) atoms. The molecule has 0 radical (unpaired) electrons. The van der Waals surface area contributed by atoms with Crippen LogP contribution in [-0.4, -0.2) is 135 Å². The van der Waals surface area contributed by atoms with Gasteiger partial charge in [-0.05, 0) is 184 Å². The third-order valence-electron chi connectivity index (χ3n) is 21.2. The normalized spacial score (nSPS) is 17.1. The summed E-state index contributed by atoms with van der Waals surface area (Å²) in [5.41, 5.74) is 21.0. The molecule has 3 fully saturated rings. The van der Waals surface area contributed by atoms with Gasteiger partial charge in [-0.25, -0.2) is 9.97 Å². The number of rotatable bonds is 12. The van der Waals surface area contributed by atoms with Crippen molar-refractivity contribution in [2.45, 2.75) is 84.6 Å². The highest BCUT2D eigenvalue weighted by molar-refractivity contribution is 5.75. The fourth-order valence-corrected chi connectivity index (χ4v) is 15.2. The molecule has 13 heterocycles. The SMILES string of the molecule is CC[C@@H](C)NC[C@H]1CCN(c2ccc3c(c2)Cn2cc(-c4ccccc4)cc2-c2nncn2-3)C1.CC[C@H]1CCN(c2ccc3c(c2)Cn2cc(-c4ccc(C#N)cc4)cc2-c2nccn2-3)C1.CN(C)[C@H]1CCN(c2ccc3c(n2)Cn2cc(-c4ccc(C#N)cc4)cc2-c2nncn2-3)C1. The first-order valence-corrected chi connectivity index (χ1v) is 35.0. The third kappa shape index (κ3) is 12.3. The molecule has 6 aliphatic rings. The van der Waals surface area contributed by atoms with Gasteiger partial charge in [0, 0.05) is 123 Å². The summed E-state index contributed by atoms with van der Waals surface area (Å²) in [6.45, 7) is 16.8. The van der Waals surface area contributed by atoms with Gasteiger partial charge in [-0.15, -0.1) is 20.4 Å². The average Bonchev–Trinajstić information content (AvgIpc) is 1.62. The largest absolute Gasteiger partial charge is 0.371 e. The minimum absolute atomic E-state index is 0.557. The summed E-state index contributed by atoms with van der Waals surface area (Å²) in [4.78, 5) is 19.6. The van der Waals surface area contributed by atoms with Crippen molar-refractivity contribution in [3.8, 4) is 97.1 Å². The van der Waals surface area contributed by atoms with Crippen molar-refractivity contribution in [2.75, 3.05) is 74.6 Å². The number of anilines is 3. The number of nitrogens with zero attached hydrogens (tertiary/aromatic N) is 18. The van der Waals surface area contributed by atoms with Crippen LogP contribution in [0.3, 0.4) is 0 Å². The average molecular weight is 1310 g/mol. The molecule has 0 bridgehead atoms. The number of imidazole rings is 1. The molecule has 1 N–H and O–H groups in total. The molecule has 7 aromatic heterocycles. The molecule has 0 amide bonds. The predicted molar refractivity (Wildman–Crippen MR) is 390 cm³/mol. The maximum atomic E-state index is 9.10. The van der Waals surface area contributed by atoms with Crippen molar-refractivity contribution in [3.05, 3.63) is 217 Å². The van der Waals surface area contributed by atoms with E-state index in [0.717, 1.165) is 145 Å². The highest BCUT2D eigenvalue weighted by Gasteiger charge is 2.31. The van der Waals surface area contributed by atoms with E-state index < -0.39 is 0 Å². The summed E-state index contributed by atoms with van der Waals surface area (Å²) in [5.74, 6) is 5.20. The molecule has 12 aromatic rings. The van der Waals surface area contributed by atoms with Gasteiger partial charge in [0.2, 0.25) is 0 Å². The number of nitriles is 2. The van der Waals surface area contributed by atoms with Crippen molar-refractivity contribution >= 4 is 17.2 Å². The van der Waals surface area contributed by atoms with E-state index in [1.165, 1.54) is 70.7 Å². The van der Waals surface area contributed by atoms with Crippen LogP contribution in [0.25, 0.3) is 85.0 Å². The van der Waals surface area contributed by atoms with Crippen molar-refractivity contribution in [1.29, 1.82) is 10.5 Å². The minimum atomic E-state index is 0.557. The lowest BCUT2D eigenvalue weighted by atomic mass is 10.1. The summed E-state index contributed by atoms with van der Waals surface area (Å²) >= 11 is 0. The molecule has 6 aliphatic heterocycles. The van der Waals surface area contributed by atoms with Crippen molar-refractivity contribution in [1.82, 2.24) is 68.0 Å². The number of hydrogen-bond donors (Lipinski definition) is 1. The van der Waals surface area contributed by atoms with Gasteiger partial charge < -0.3 is 38.6 Å². The Kier molecular flexibility index (Phi) is 16.9. The first-order valence-electron chi connectivity index (χ1n) is 35.0. The summed E-state index contributed by atoms with van der Waals surface area (Å²) in [7, 11) is 4.29. The molecule has 5 aromatic carbocycles. The van der Waals surface area contributed by atoms with Crippen LogP contribution in [0.1, 0.15) is 80.8 Å². The van der Waals surface area contributed by atoms with E-state index in [4.69, 9.17) is 20.5 Å². The molecule has 0 spiro atoms. The van der Waals surface area contributed by atoms with Crippen LogP contribution < -0.4 is 20.0 Å². The van der Waals surface area contributed by atoms with E-state index in [1.807, 2.05) is 65.6 Å². The Morgan fingerprint density at radius 3 is 1.62 bits per heavy atom. The van der Waals surface area contributed by atoms with Crippen LogP contribution in [0.15, 0.2) is 189 Å². The number of aromatic nitrogens is 12. The molecular formula is C80H81N19. The quantitative estimate of drug-likeness (QED) is 0.122.